The van der Waals surface area contributed by atoms with Crippen molar-refractivity contribution in [2.24, 2.45) is 0 Å². The van der Waals surface area contributed by atoms with Crippen LogP contribution in [0.2, 0.25) is 5.15 Å². The predicted octanol–water partition coefficient (Wildman–Crippen LogP) is 3.81. The molecule has 1 aliphatic heterocycles. The van der Waals surface area contributed by atoms with E-state index in [-0.39, 0.29) is 11.2 Å². The largest absolute Gasteiger partial charge is 0.416 e. The molecule has 3 rings (SSSR count). The van der Waals surface area contributed by atoms with Crippen LogP contribution in [0.3, 0.4) is 0 Å². The van der Waals surface area contributed by atoms with Crippen LogP contribution in [0.1, 0.15) is 18.4 Å². The van der Waals surface area contributed by atoms with Crippen LogP contribution < -0.4 is 5.32 Å². The van der Waals surface area contributed by atoms with E-state index in [2.05, 4.69) is 20.4 Å². The number of nitrogens with one attached hydrogen (secondary N) is 1. The van der Waals surface area contributed by atoms with Gasteiger partial charge in [-0.15, -0.1) is 10.2 Å². The summed E-state index contributed by atoms with van der Waals surface area (Å²) in [7, 11) is 2.02. The molecule has 1 aliphatic rings. The number of likely N-dealkylation sites (tertiary alicyclic amines) is 1. The Morgan fingerprint density at radius 2 is 2.04 bits per heavy atom. The number of aromatic nitrogens is 2. The highest BCUT2D eigenvalue weighted by Gasteiger charge is 2.31. The van der Waals surface area contributed by atoms with Crippen LogP contribution in [-0.4, -0.2) is 41.3 Å². The Kier molecular flexibility index (Phi) is 4.33. The highest BCUT2D eigenvalue weighted by atomic mass is 35.5. The van der Waals surface area contributed by atoms with Crippen LogP contribution in [0.5, 0.6) is 0 Å². The molecule has 1 aromatic heterocycles. The number of fused-ring (bicyclic) bond motifs is 1. The van der Waals surface area contributed by atoms with Crippen LogP contribution in [0, 0.1) is 0 Å². The number of likely N-dealkylation sites (N-methyl/N-ethyl adjacent to an activating group) is 1. The Hall–Kier alpha value is -1.60. The number of halogens is 4. The summed E-state index contributed by atoms with van der Waals surface area (Å²) in [5.74, 6) is 0.343. The molecule has 1 N–H and O–H groups in total. The third-order valence-electron chi connectivity index (χ3n) is 4.03. The fourth-order valence-electron chi connectivity index (χ4n) is 2.88. The second-order valence-electron chi connectivity index (χ2n) is 5.84. The molecule has 1 saturated heterocycles. The second kappa shape index (κ2) is 6.13. The SMILES string of the molecule is CN1CCC[C@@H](Nc2nnc(Cl)c3ccc(C(F)(F)F)cc23)C1. The molecule has 124 valence electrons. The van der Waals surface area contributed by atoms with Crippen molar-refractivity contribution in [2.45, 2.75) is 25.1 Å². The summed E-state index contributed by atoms with van der Waals surface area (Å²) in [5, 5.41) is 11.9. The van der Waals surface area contributed by atoms with E-state index in [9.17, 15) is 13.2 Å². The van der Waals surface area contributed by atoms with Crippen molar-refractivity contribution in [3.8, 4) is 0 Å². The van der Waals surface area contributed by atoms with Crippen molar-refractivity contribution in [1.29, 1.82) is 0 Å². The molecule has 23 heavy (non-hydrogen) atoms. The molecule has 0 spiro atoms. The number of hydrogen-bond donors (Lipinski definition) is 1. The minimum atomic E-state index is -4.41. The van der Waals surface area contributed by atoms with Crippen LogP contribution in [0.15, 0.2) is 18.2 Å². The zero-order chi connectivity index (χ0) is 16.6. The van der Waals surface area contributed by atoms with Crippen LogP contribution in [0.25, 0.3) is 10.8 Å². The average molecular weight is 345 g/mol. The van der Waals surface area contributed by atoms with Crippen molar-refractivity contribution >= 4 is 28.2 Å². The molecule has 8 heteroatoms. The van der Waals surface area contributed by atoms with E-state index in [1.165, 1.54) is 6.07 Å². The van der Waals surface area contributed by atoms with Crippen LogP contribution in [0.4, 0.5) is 19.0 Å². The van der Waals surface area contributed by atoms with Gasteiger partial charge in [-0.2, -0.15) is 13.2 Å². The van der Waals surface area contributed by atoms with Gasteiger partial charge in [0, 0.05) is 23.4 Å². The molecule has 0 amide bonds. The standard InChI is InChI=1S/C15H16ClF3N4/c1-23-6-2-3-10(8-23)20-14-12-7-9(15(17,18)19)4-5-11(12)13(16)21-22-14/h4-5,7,10H,2-3,6,8H2,1H3,(H,20,22)/t10-/m1/s1. The summed E-state index contributed by atoms with van der Waals surface area (Å²) < 4.78 is 38.9. The number of hydrogen-bond acceptors (Lipinski definition) is 4. The Bertz CT molecular complexity index is 720. The first-order chi connectivity index (χ1) is 10.8. The maximum absolute atomic E-state index is 13.0. The number of nitrogens with zero attached hydrogens (tertiary/aromatic N) is 3. The van der Waals surface area contributed by atoms with E-state index >= 15 is 0 Å². The lowest BCUT2D eigenvalue weighted by Gasteiger charge is -2.30. The van der Waals surface area contributed by atoms with E-state index < -0.39 is 11.7 Å². The lowest BCUT2D eigenvalue weighted by atomic mass is 10.1. The number of rotatable bonds is 2. The maximum atomic E-state index is 13.0. The summed E-state index contributed by atoms with van der Waals surface area (Å²) in [5.41, 5.74) is -0.724. The van der Waals surface area contributed by atoms with Crippen molar-refractivity contribution < 1.29 is 13.2 Å². The topological polar surface area (TPSA) is 41.0 Å². The van der Waals surface area contributed by atoms with Gasteiger partial charge in [0.2, 0.25) is 0 Å². The smallest absolute Gasteiger partial charge is 0.364 e. The van der Waals surface area contributed by atoms with Crippen LogP contribution >= 0.6 is 11.6 Å². The van der Waals surface area contributed by atoms with Crippen molar-refractivity contribution in [2.75, 3.05) is 25.5 Å². The van der Waals surface area contributed by atoms with E-state index in [0.29, 0.717) is 16.6 Å². The van der Waals surface area contributed by atoms with Gasteiger partial charge in [-0.3, -0.25) is 0 Å². The molecule has 1 atom stereocenters. The van der Waals surface area contributed by atoms with E-state index in [0.717, 1.165) is 38.1 Å². The van der Waals surface area contributed by atoms with Gasteiger partial charge in [0.1, 0.15) is 0 Å². The molecule has 2 heterocycles. The van der Waals surface area contributed by atoms with Gasteiger partial charge in [-0.25, -0.2) is 0 Å². The predicted molar refractivity (Wildman–Crippen MR) is 83.7 cm³/mol. The van der Waals surface area contributed by atoms with Gasteiger partial charge in [0.05, 0.1) is 5.56 Å². The summed E-state index contributed by atoms with van der Waals surface area (Å²) in [6.07, 6.45) is -2.44. The van der Waals surface area contributed by atoms with Gasteiger partial charge in [-0.05, 0) is 38.6 Å². The molecule has 1 aromatic carbocycles. The zero-order valence-corrected chi connectivity index (χ0v) is 13.2. The van der Waals surface area contributed by atoms with Gasteiger partial charge in [-0.1, -0.05) is 17.7 Å². The summed E-state index contributed by atoms with van der Waals surface area (Å²) in [4.78, 5) is 2.17. The van der Waals surface area contributed by atoms with E-state index in [1.54, 1.807) is 0 Å². The Morgan fingerprint density at radius 1 is 1.26 bits per heavy atom. The Morgan fingerprint density at radius 3 is 2.74 bits per heavy atom. The van der Waals surface area contributed by atoms with Crippen molar-refractivity contribution in [3.05, 3.63) is 28.9 Å². The van der Waals surface area contributed by atoms with Crippen molar-refractivity contribution in [1.82, 2.24) is 15.1 Å². The monoisotopic (exact) mass is 344 g/mol. The van der Waals surface area contributed by atoms with Crippen molar-refractivity contribution in [3.63, 3.8) is 0 Å². The quantitative estimate of drug-likeness (QED) is 0.899. The number of benzene rings is 1. The van der Waals surface area contributed by atoms with Gasteiger partial charge < -0.3 is 10.2 Å². The summed E-state index contributed by atoms with van der Waals surface area (Å²) >= 11 is 5.97. The van der Waals surface area contributed by atoms with Gasteiger partial charge in [0.15, 0.2) is 11.0 Å². The summed E-state index contributed by atoms with van der Waals surface area (Å²) in [6, 6.07) is 3.55. The third-order valence-corrected chi connectivity index (χ3v) is 4.31. The molecule has 4 nitrogen and oxygen atoms in total. The maximum Gasteiger partial charge on any atom is 0.416 e. The Labute approximate surface area is 136 Å². The number of anilines is 1. The van der Waals surface area contributed by atoms with E-state index in [1.807, 2.05) is 7.05 Å². The lowest BCUT2D eigenvalue weighted by Crippen LogP contribution is -2.40. The summed E-state index contributed by atoms with van der Waals surface area (Å²) in [6.45, 7) is 1.83. The molecule has 0 aliphatic carbocycles. The second-order valence-corrected chi connectivity index (χ2v) is 6.20. The highest BCUT2D eigenvalue weighted by Crippen LogP contribution is 2.35. The van der Waals surface area contributed by atoms with Crippen LogP contribution in [-0.2, 0) is 6.18 Å². The first-order valence-corrected chi connectivity index (χ1v) is 7.70. The highest BCUT2D eigenvalue weighted by molar-refractivity contribution is 6.34. The first kappa shape index (κ1) is 16.3. The normalized spacial score (nSPS) is 20.0. The molecule has 0 unspecified atom stereocenters. The minimum absolute atomic E-state index is 0.0973. The first-order valence-electron chi connectivity index (χ1n) is 7.33. The fourth-order valence-corrected chi connectivity index (χ4v) is 3.08. The third kappa shape index (κ3) is 3.50. The number of piperidine rings is 1. The molecule has 1 fully saturated rings. The molecular formula is C15H16ClF3N4. The molecule has 0 saturated carbocycles. The van der Waals surface area contributed by atoms with E-state index in [4.69, 9.17) is 11.6 Å². The van der Waals surface area contributed by atoms with Gasteiger partial charge in [0.25, 0.3) is 0 Å². The minimum Gasteiger partial charge on any atom is -0.364 e. The van der Waals surface area contributed by atoms with Gasteiger partial charge >= 0.3 is 6.18 Å². The Balaban J connectivity index is 2.00. The number of alkyl halides is 3. The lowest BCUT2D eigenvalue weighted by molar-refractivity contribution is -0.137. The molecule has 0 bridgehead atoms. The molecule has 2 aromatic rings. The fraction of sp³-hybridized carbons (Fsp3) is 0.467. The zero-order valence-electron chi connectivity index (χ0n) is 12.5. The molecule has 0 radical (unpaired) electrons. The molecular weight excluding hydrogens is 329 g/mol. The average Bonchev–Trinajstić information content (AvgIpc) is 2.49.